The highest BCUT2D eigenvalue weighted by Gasteiger charge is 2.27. The highest BCUT2D eigenvalue weighted by atomic mass is 35.5. The molecule has 1 aliphatic rings. The number of pyridine rings is 1. The first kappa shape index (κ1) is 17.3. The summed E-state index contributed by atoms with van der Waals surface area (Å²) in [6.45, 7) is 0.919. The number of rotatable bonds is 3. The van der Waals surface area contributed by atoms with Crippen LogP contribution >= 0.6 is 23.4 Å². The summed E-state index contributed by atoms with van der Waals surface area (Å²) < 4.78 is 25.5. The largest absolute Gasteiger partial charge is 0.358 e. The van der Waals surface area contributed by atoms with Crippen LogP contribution in [-0.2, 0) is 13.0 Å². The number of nitrogens with zero attached hydrogens (tertiary/aromatic N) is 2. The smallest absolute Gasteiger partial charge is 0.290 e. The van der Waals surface area contributed by atoms with Gasteiger partial charge in [0.25, 0.3) is 11.7 Å². The van der Waals surface area contributed by atoms with Crippen LogP contribution in [0.3, 0.4) is 0 Å². The Kier molecular flexibility index (Phi) is 4.58. The van der Waals surface area contributed by atoms with Gasteiger partial charge >= 0.3 is 0 Å². The van der Waals surface area contributed by atoms with Crippen LogP contribution in [0, 0.1) is 0 Å². The van der Waals surface area contributed by atoms with Gasteiger partial charge < -0.3 is 9.88 Å². The number of fused-ring (bicyclic) bond motifs is 3. The number of amides is 1. The van der Waals surface area contributed by atoms with Crippen LogP contribution in [0.4, 0.5) is 8.78 Å². The molecule has 3 aromatic rings. The number of alkyl halides is 2. The molecule has 4 rings (SSSR count). The minimum atomic E-state index is -2.62. The van der Waals surface area contributed by atoms with E-state index in [0.717, 1.165) is 22.2 Å². The van der Waals surface area contributed by atoms with Crippen LogP contribution in [0.1, 0.15) is 21.6 Å². The maximum atomic E-state index is 12.9. The number of hydrogen-bond donors (Lipinski definition) is 1. The molecule has 0 spiro atoms. The molecule has 3 heterocycles. The van der Waals surface area contributed by atoms with E-state index in [1.807, 2.05) is 18.2 Å². The molecular formula is C18H14ClF2N3OS. The van der Waals surface area contributed by atoms with E-state index in [9.17, 15) is 13.6 Å². The van der Waals surface area contributed by atoms with Gasteiger partial charge in [0.15, 0.2) is 0 Å². The van der Waals surface area contributed by atoms with Crippen molar-refractivity contribution < 1.29 is 13.6 Å². The van der Waals surface area contributed by atoms with E-state index in [0.29, 0.717) is 36.3 Å². The zero-order valence-electron chi connectivity index (χ0n) is 13.5. The molecule has 0 saturated heterocycles. The first-order valence-corrected chi connectivity index (χ1v) is 9.27. The Morgan fingerprint density at radius 1 is 1.35 bits per heavy atom. The van der Waals surface area contributed by atoms with Crippen LogP contribution in [0.15, 0.2) is 41.6 Å². The molecule has 134 valence electrons. The molecule has 1 aliphatic heterocycles. The fourth-order valence-corrected chi connectivity index (χ4v) is 4.01. The van der Waals surface area contributed by atoms with Gasteiger partial charge in [-0.1, -0.05) is 11.6 Å². The number of nitrogens with one attached hydrogen (secondary N) is 1. The van der Waals surface area contributed by atoms with E-state index in [1.54, 1.807) is 17.0 Å². The number of aromatic amines is 1. The Labute approximate surface area is 157 Å². The third-order valence-electron chi connectivity index (χ3n) is 4.43. The quantitative estimate of drug-likeness (QED) is 0.654. The predicted octanol–water partition coefficient (Wildman–Crippen LogP) is 4.73. The van der Waals surface area contributed by atoms with Crippen molar-refractivity contribution in [3.63, 3.8) is 0 Å². The third kappa shape index (κ3) is 3.17. The Balaban J connectivity index is 1.66. The van der Waals surface area contributed by atoms with Crippen molar-refractivity contribution in [3.8, 4) is 0 Å². The van der Waals surface area contributed by atoms with Crippen LogP contribution in [0.5, 0.6) is 0 Å². The molecule has 0 fully saturated rings. The van der Waals surface area contributed by atoms with Gasteiger partial charge in [-0.05, 0) is 42.1 Å². The summed E-state index contributed by atoms with van der Waals surface area (Å²) in [5, 5.41) is 1.67. The van der Waals surface area contributed by atoms with Gasteiger partial charge in [0.05, 0.1) is 5.56 Å². The van der Waals surface area contributed by atoms with Gasteiger partial charge in [0.1, 0.15) is 5.03 Å². The number of halogens is 3. The maximum absolute atomic E-state index is 12.9. The second kappa shape index (κ2) is 6.89. The van der Waals surface area contributed by atoms with Crippen molar-refractivity contribution in [2.75, 3.05) is 6.54 Å². The molecule has 0 atom stereocenters. The maximum Gasteiger partial charge on any atom is 0.290 e. The molecule has 0 bridgehead atoms. The summed E-state index contributed by atoms with van der Waals surface area (Å²) in [6.07, 6.45) is 2.09. The third-order valence-corrected chi connectivity index (χ3v) is 5.39. The molecule has 2 aromatic heterocycles. The molecule has 8 heteroatoms. The van der Waals surface area contributed by atoms with E-state index in [-0.39, 0.29) is 16.5 Å². The monoisotopic (exact) mass is 393 g/mol. The highest BCUT2D eigenvalue weighted by molar-refractivity contribution is 7.99. The Hall–Kier alpha value is -2.12. The molecule has 0 unspecified atom stereocenters. The Morgan fingerprint density at radius 2 is 2.19 bits per heavy atom. The van der Waals surface area contributed by atoms with E-state index in [2.05, 4.69) is 9.97 Å². The van der Waals surface area contributed by atoms with Gasteiger partial charge in [-0.3, -0.25) is 4.79 Å². The van der Waals surface area contributed by atoms with E-state index < -0.39 is 5.76 Å². The molecule has 4 nitrogen and oxygen atoms in total. The van der Waals surface area contributed by atoms with Crippen LogP contribution in [-0.4, -0.2) is 33.1 Å². The number of carbonyl (C=O) groups is 1. The minimum absolute atomic E-state index is 0.0558. The standard InChI is InChI=1S/C18H14ClF2N3OS/c19-10-3-4-14-12(8-10)13-9-24(7-5-15(13)23-14)17(25)11-2-1-6-22-16(11)26-18(20)21/h1-4,6,8,18,23H,5,7,9H2. The van der Waals surface area contributed by atoms with Gasteiger partial charge in [-0.25, -0.2) is 4.98 Å². The summed E-state index contributed by atoms with van der Waals surface area (Å²) in [4.78, 5) is 21.9. The number of H-pyrrole nitrogens is 1. The summed E-state index contributed by atoms with van der Waals surface area (Å²) in [5.41, 5.74) is 3.29. The number of benzene rings is 1. The molecule has 1 N–H and O–H groups in total. The van der Waals surface area contributed by atoms with Crippen molar-refractivity contribution in [2.45, 2.75) is 23.7 Å². The summed E-state index contributed by atoms with van der Waals surface area (Å²) in [5.74, 6) is -2.91. The second-order valence-corrected chi connectivity index (χ2v) is 7.40. The van der Waals surface area contributed by atoms with Crippen molar-refractivity contribution >= 4 is 40.2 Å². The van der Waals surface area contributed by atoms with Crippen molar-refractivity contribution in [1.29, 1.82) is 0 Å². The average Bonchev–Trinajstić information content (AvgIpc) is 2.98. The fraction of sp³-hybridized carbons (Fsp3) is 0.222. The molecule has 0 aliphatic carbocycles. The number of aromatic nitrogens is 2. The zero-order valence-corrected chi connectivity index (χ0v) is 15.1. The normalized spacial score (nSPS) is 14.1. The average molecular weight is 394 g/mol. The zero-order chi connectivity index (χ0) is 18.3. The molecule has 0 radical (unpaired) electrons. The first-order valence-electron chi connectivity index (χ1n) is 8.01. The van der Waals surface area contributed by atoms with E-state index in [4.69, 9.17) is 11.6 Å². The fourth-order valence-electron chi connectivity index (χ4n) is 3.26. The van der Waals surface area contributed by atoms with Crippen LogP contribution in [0.25, 0.3) is 10.9 Å². The van der Waals surface area contributed by atoms with Crippen molar-refractivity contribution in [1.82, 2.24) is 14.9 Å². The lowest BCUT2D eigenvalue weighted by molar-refractivity contribution is 0.0730. The molecule has 0 saturated carbocycles. The summed E-state index contributed by atoms with van der Waals surface area (Å²) >= 11 is 6.40. The predicted molar refractivity (Wildman–Crippen MR) is 97.9 cm³/mol. The lowest BCUT2D eigenvalue weighted by Crippen LogP contribution is -2.36. The second-order valence-electron chi connectivity index (χ2n) is 5.98. The molecule has 1 aromatic carbocycles. The van der Waals surface area contributed by atoms with Crippen molar-refractivity contribution in [3.05, 3.63) is 58.4 Å². The van der Waals surface area contributed by atoms with Crippen LogP contribution in [0.2, 0.25) is 5.02 Å². The number of carbonyl (C=O) groups excluding carboxylic acids is 1. The first-order chi connectivity index (χ1) is 12.5. The Bertz CT molecular complexity index is 992. The topological polar surface area (TPSA) is 49.0 Å². The SMILES string of the molecule is O=C(c1cccnc1SC(F)F)N1CCc2[nH]c3ccc(Cl)cc3c2C1. The van der Waals surface area contributed by atoms with Gasteiger partial charge in [0, 0.05) is 52.9 Å². The summed E-state index contributed by atoms with van der Waals surface area (Å²) in [7, 11) is 0. The highest BCUT2D eigenvalue weighted by Crippen LogP contribution is 2.32. The number of thioether (sulfide) groups is 1. The van der Waals surface area contributed by atoms with Gasteiger partial charge in [0.2, 0.25) is 0 Å². The molecule has 1 amide bonds. The summed E-state index contributed by atoms with van der Waals surface area (Å²) in [6, 6.07) is 8.74. The Morgan fingerprint density at radius 3 is 3.00 bits per heavy atom. The lowest BCUT2D eigenvalue weighted by Gasteiger charge is -2.27. The minimum Gasteiger partial charge on any atom is -0.358 e. The van der Waals surface area contributed by atoms with Gasteiger partial charge in [-0.2, -0.15) is 8.78 Å². The molecular weight excluding hydrogens is 380 g/mol. The number of hydrogen-bond acceptors (Lipinski definition) is 3. The van der Waals surface area contributed by atoms with Gasteiger partial charge in [-0.15, -0.1) is 0 Å². The van der Waals surface area contributed by atoms with Crippen LogP contribution < -0.4 is 0 Å². The van der Waals surface area contributed by atoms with E-state index in [1.165, 1.54) is 6.20 Å². The van der Waals surface area contributed by atoms with Crippen molar-refractivity contribution in [2.24, 2.45) is 0 Å². The molecule has 26 heavy (non-hydrogen) atoms. The lowest BCUT2D eigenvalue weighted by atomic mass is 10.0. The van der Waals surface area contributed by atoms with E-state index >= 15 is 0 Å².